The van der Waals surface area contributed by atoms with Crippen LogP contribution in [0.4, 0.5) is 0 Å². The van der Waals surface area contributed by atoms with Crippen LogP contribution in [0.15, 0.2) is 40.9 Å². The topological polar surface area (TPSA) is 55.6 Å². The number of carbonyl (C=O) groups excluding carboxylic acids is 1. The van der Waals surface area contributed by atoms with Gasteiger partial charge in [-0.05, 0) is 27.2 Å². The summed E-state index contributed by atoms with van der Waals surface area (Å²) in [4.78, 5) is 18.7. The Bertz CT molecular complexity index is 709. The van der Waals surface area contributed by atoms with Crippen LogP contribution in [-0.4, -0.2) is 40.6 Å². The number of rotatable bonds is 5. The van der Waals surface area contributed by atoms with Crippen LogP contribution < -0.4 is 0 Å². The molecular formula is C20H26N2O3. The molecule has 0 aliphatic carbocycles. The molecule has 1 aromatic heterocycles. The summed E-state index contributed by atoms with van der Waals surface area (Å²) >= 11 is 0. The van der Waals surface area contributed by atoms with Gasteiger partial charge in [0.05, 0.1) is 17.9 Å². The van der Waals surface area contributed by atoms with Gasteiger partial charge in [-0.1, -0.05) is 30.3 Å². The van der Waals surface area contributed by atoms with Crippen molar-refractivity contribution in [2.75, 3.05) is 13.1 Å². The van der Waals surface area contributed by atoms with Gasteiger partial charge in [0.25, 0.3) is 0 Å². The minimum absolute atomic E-state index is 0.0767. The molecule has 2 aromatic rings. The summed E-state index contributed by atoms with van der Waals surface area (Å²) in [5, 5.41) is 0. The molecule has 0 saturated carbocycles. The highest BCUT2D eigenvalue weighted by Crippen LogP contribution is 2.23. The maximum atomic E-state index is 12.5. The number of hydrogen-bond acceptors (Lipinski definition) is 4. The molecule has 1 atom stereocenters. The number of ether oxygens (including phenoxy) is 1. The van der Waals surface area contributed by atoms with Crippen LogP contribution in [-0.2, 0) is 16.0 Å². The number of hydrogen-bond donors (Lipinski definition) is 0. The predicted molar refractivity (Wildman–Crippen MR) is 96.1 cm³/mol. The van der Waals surface area contributed by atoms with Crippen molar-refractivity contribution in [1.82, 2.24) is 9.88 Å². The number of aromatic nitrogens is 1. The highest BCUT2D eigenvalue weighted by Gasteiger charge is 2.33. The van der Waals surface area contributed by atoms with Gasteiger partial charge in [-0.25, -0.2) is 4.98 Å². The van der Waals surface area contributed by atoms with Crippen molar-refractivity contribution in [2.45, 2.75) is 51.7 Å². The maximum Gasteiger partial charge on any atom is 0.222 e. The van der Waals surface area contributed by atoms with Crippen LogP contribution in [0.2, 0.25) is 0 Å². The summed E-state index contributed by atoms with van der Waals surface area (Å²) in [5.74, 6) is 1.63. The quantitative estimate of drug-likeness (QED) is 0.831. The summed E-state index contributed by atoms with van der Waals surface area (Å²) in [6.07, 6.45) is 3.74. The standard InChI is InChI=1S/C20H26N2O3/c1-15-13-22(14-20(2,3)25-15)19(23)11-7-10-18-21-12-17(24-18)16-8-5-4-6-9-16/h4-6,8-9,12,15H,7,10-11,13-14H2,1-3H3/t15-/m1/s1. The third kappa shape index (κ3) is 4.69. The number of morpholine rings is 1. The molecule has 3 rings (SSSR count). The first-order chi connectivity index (χ1) is 11.9. The molecule has 1 aliphatic rings. The molecule has 0 bridgehead atoms. The van der Waals surface area contributed by atoms with Crippen molar-refractivity contribution in [1.29, 1.82) is 0 Å². The van der Waals surface area contributed by atoms with E-state index >= 15 is 0 Å². The van der Waals surface area contributed by atoms with Crippen LogP contribution in [0.1, 0.15) is 39.5 Å². The van der Waals surface area contributed by atoms with Gasteiger partial charge in [0.15, 0.2) is 11.7 Å². The fourth-order valence-corrected chi connectivity index (χ4v) is 3.35. The minimum Gasteiger partial charge on any atom is -0.441 e. The Morgan fingerprint density at radius 3 is 2.80 bits per heavy atom. The smallest absolute Gasteiger partial charge is 0.222 e. The molecule has 5 heteroatoms. The van der Waals surface area contributed by atoms with Crippen LogP contribution in [0, 0.1) is 0 Å². The second-order valence-electron chi connectivity index (χ2n) is 7.30. The summed E-state index contributed by atoms with van der Waals surface area (Å²) in [7, 11) is 0. The molecule has 25 heavy (non-hydrogen) atoms. The first-order valence-corrected chi connectivity index (χ1v) is 8.89. The Morgan fingerprint density at radius 2 is 2.08 bits per heavy atom. The SMILES string of the molecule is C[C@@H]1CN(C(=O)CCCc2ncc(-c3ccccc3)o2)CC(C)(C)O1. The molecule has 0 radical (unpaired) electrons. The average Bonchev–Trinajstić information content (AvgIpc) is 3.02. The number of benzene rings is 1. The number of oxazole rings is 1. The van der Waals surface area contributed by atoms with Gasteiger partial charge < -0.3 is 14.1 Å². The molecule has 1 fully saturated rings. The normalized spacial score (nSPS) is 19.8. The van der Waals surface area contributed by atoms with E-state index in [4.69, 9.17) is 9.15 Å². The first-order valence-electron chi connectivity index (χ1n) is 8.89. The van der Waals surface area contributed by atoms with Gasteiger partial charge in [0.2, 0.25) is 5.91 Å². The molecule has 0 spiro atoms. The van der Waals surface area contributed by atoms with Crippen molar-refractivity contribution < 1.29 is 13.9 Å². The zero-order valence-corrected chi connectivity index (χ0v) is 15.2. The molecule has 5 nitrogen and oxygen atoms in total. The summed E-state index contributed by atoms with van der Waals surface area (Å²) in [5.41, 5.74) is 0.738. The van der Waals surface area contributed by atoms with Gasteiger partial charge in [-0.15, -0.1) is 0 Å². The van der Waals surface area contributed by atoms with Crippen molar-refractivity contribution >= 4 is 5.91 Å². The Balaban J connectivity index is 1.50. The van der Waals surface area contributed by atoms with Gasteiger partial charge in [-0.3, -0.25) is 4.79 Å². The zero-order chi connectivity index (χ0) is 17.9. The molecule has 0 N–H and O–H groups in total. The zero-order valence-electron chi connectivity index (χ0n) is 15.2. The van der Waals surface area contributed by atoms with E-state index in [1.165, 1.54) is 0 Å². The van der Waals surface area contributed by atoms with E-state index in [9.17, 15) is 4.79 Å². The largest absolute Gasteiger partial charge is 0.441 e. The Morgan fingerprint density at radius 1 is 1.32 bits per heavy atom. The van der Waals surface area contributed by atoms with E-state index in [0.29, 0.717) is 31.8 Å². The van der Waals surface area contributed by atoms with Crippen molar-refractivity contribution in [3.63, 3.8) is 0 Å². The molecule has 1 saturated heterocycles. The number of aryl methyl sites for hydroxylation is 1. The van der Waals surface area contributed by atoms with E-state index in [0.717, 1.165) is 17.7 Å². The van der Waals surface area contributed by atoms with E-state index in [1.54, 1.807) is 6.20 Å². The fraction of sp³-hybridized carbons (Fsp3) is 0.500. The molecule has 134 valence electrons. The molecule has 1 amide bonds. The summed E-state index contributed by atoms with van der Waals surface area (Å²) in [6.45, 7) is 7.38. The summed E-state index contributed by atoms with van der Waals surface area (Å²) < 4.78 is 11.6. The van der Waals surface area contributed by atoms with E-state index in [1.807, 2.05) is 56.0 Å². The third-order valence-corrected chi connectivity index (χ3v) is 4.32. The van der Waals surface area contributed by atoms with Gasteiger partial charge >= 0.3 is 0 Å². The minimum atomic E-state index is -0.277. The predicted octanol–water partition coefficient (Wildman–Crippen LogP) is 3.69. The van der Waals surface area contributed by atoms with E-state index in [2.05, 4.69) is 4.98 Å². The Kier molecular flexibility index (Phi) is 5.23. The van der Waals surface area contributed by atoms with Crippen LogP contribution in [0.5, 0.6) is 0 Å². The van der Waals surface area contributed by atoms with Gasteiger partial charge in [0.1, 0.15) is 0 Å². The van der Waals surface area contributed by atoms with Crippen LogP contribution in [0.25, 0.3) is 11.3 Å². The van der Waals surface area contributed by atoms with E-state index < -0.39 is 0 Å². The van der Waals surface area contributed by atoms with Gasteiger partial charge in [0, 0.05) is 31.5 Å². The first kappa shape index (κ1) is 17.7. The number of amides is 1. The monoisotopic (exact) mass is 342 g/mol. The lowest BCUT2D eigenvalue weighted by Gasteiger charge is -2.41. The average molecular weight is 342 g/mol. The van der Waals surface area contributed by atoms with Crippen molar-refractivity contribution in [2.24, 2.45) is 0 Å². The molecule has 1 aliphatic heterocycles. The molecule has 1 aromatic carbocycles. The number of carbonyl (C=O) groups is 1. The fourth-order valence-electron chi connectivity index (χ4n) is 3.35. The summed E-state index contributed by atoms with van der Waals surface area (Å²) in [6, 6.07) is 9.91. The molecule has 2 heterocycles. The lowest BCUT2D eigenvalue weighted by atomic mass is 10.0. The van der Waals surface area contributed by atoms with Gasteiger partial charge in [-0.2, -0.15) is 0 Å². The van der Waals surface area contributed by atoms with Crippen molar-refractivity contribution in [3.05, 3.63) is 42.4 Å². The molecule has 0 unspecified atom stereocenters. The second kappa shape index (κ2) is 7.40. The lowest BCUT2D eigenvalue weighted by Crippen LogP contribution is -2.53. The third-order valence-electron chi connectivity index (χ3n) is 4.32. The highest BCUT2D eigenvalue weighted by molar-refractivity contribution is 5.76. The lowest BCUT2D eigenvalue weighted by molar-refractivity contribution is -0.158. The number of nitrogens with zero attached hydrogens (tertiary/aromatic N) is 2. The maximum absolute atomic E-state index is 12.5. The van der Waals surface area contributed by atoms with Crippen LogP contribution >= 0.6 is 0 Å². The van der Waals surface area contributed by atoms with Crippen LogP contribution in [0.3, 0.4) is 0 Å². The Labute approximate surface area is 149 Å². The highest BCUT2D eigenvalue weighted by atomic mass is 16.5. The van der Waals surface area contributed by atoms with Crippen molar-refractivity contribution in [3.8, 4) is 11.3 Å². The Hall–Kier alpha value is -2.14. The van der Waals surface area contributed by atoms with E-state index in [-0.39, 0.29) is 17.6 Å². The molecular weight excluding hydrogens is 316 g/mol. The second-order valence-corrected chi connectivity index (χ2v) is 7.30.